The van der Waals surface area contributed by atoms with E-state index >= 15 is 4.39 Å². The van der Waals surface area contributed by atoms with Gasteiger partial charge in [0.25, 0.3) is 0 Å². The molecule has 4 atom stereocenters. The summed E-state index contributed by atoms with van der Waals surface area (Å²) in [4.78, 5) is 43.2. The first-order valence-corrected chi connectivity index (χ1v) is 17.1. The molecule has 266 valence electrons. The summed E-state index contributed by atoms with van der Waals surface area (Å²) in [6.07, 6.45) is -2.88. The number of nitrogens with zero attached hydrogens (tertiary/aromatic N) is 2. The summed E-state index contributed by atoms with van der Waals surface area (Å²) in [5, 5.41) is 5.61. The van der Waals surface area contributed by atoms with Crippen molar-refractivity contribution in [3.05, 3.63) is 83.7 Å². The van der Waals surface area contributed by atoms with Crippen molar-refractivity contribution < 1.29 is 37.7 Å². The number of alkyl carbamates (subject to hydrolysis) is 1. The lowest BCUT2D eigenvalue weighted by molar-refractivity contribution is -0.132. The molecule has 0 spiro atoms. The van der Waals surface area contributed by atoms with Gasteiger partial charge in [-0.15, -0.1) is 0 Å². The normalized spacial score (nSPS) is 19.2. The topological polar surface area (TPSA) is 119 Å². The van der Waals surface area contributed by atoms with Crippen molar-refractivity contribution in [2.24, 2.45) is 0 Å². The predicted molar refractivity (Wildman–Crippen MR) is 187 cm³/mol. The van der Waals surface area contributed by atoms with Gasteiger partial charge in [-0.3, -0.25) is 9.69 Å². The van der Waals surface area contributed by atoms with Crippen LogP contribution in [0.5, 0.6) is 0 Å². The molecule has 3 aromatic rings. The van der Waals surface area contributed by atoms with E-state index in [1.54, 1.807) is 26.0 Å². The average Bonchev–Trinajstić information content (AvgIpc) is 3.63. The molecule has 0 saturated carbocycles. The van der Waals surface area contributed by atoms with E-state index in [2.05, 4.69) is 22.8 Å². The van der Waals surface area contributed by atoms with E-state index in [1.807, 2.05) is 62.1 Å². The minimum absolute atomic E-state index is 0.0843. The smallest absolute Gasteiger partial charge is 0.414 e. The Labute approximate surface area is 292 Å². The fourth-order valence-corrected chi connectivity index (χ4v) is 6.88. The van der Waals surface area contributed by atoms with Crippen LogP contribution in [0.1, 0.15) is 51.7 Å². The second-order valence-electron chi connectivity index (χ2n) is 13.9. The van der Waals surface area contributed by atoms with Crippen molar-refractivity contribution >= 4 is 29.5 Å². The minimum atomic E-state index is -1.12. The summed E-state index contributed by atoms with van der Waals surface area (Å²) in [7, 11) is 0. The van der Waals surface area contributed by atoms with Gasteiger partial charge in [0.05, 0.1) is 48.9 Å². The van der Waals surface area contributed by atoms with Crippen LogP contribution in [0.3, 0.4) is 0 Å². The Morgan fingerprint density at radius 2 is 1.60 bits per heavy atom. The third kappa shape index (κ3) is 7.71. The number of ether oxygens (including phenoxy) is 4. The molecule has 2 N–H and O–H groups in total. The lowest BCUT2D eigenvalue weighted by Crippen LogP contribution is -2.57. The van der Waals surface area contributed by atoms with Crippen molar-refractivity contribution in [2.45, 2.75) is 70.4 Å². The Bertz CT molecular complexity index is 1680. The van der Waals surface area contributed by atoms with Crippen LogP contribution in [0.4, 0.5) is 25.4 Å². The average molecular weight is 689 g/mol. The quantitative estimate of drug-likeness (QED) is 0.283. The van der Waals surface area contributed by atoms with Gasteiger partial charge < -0.3 is 34.5 Å². The number of benzene rings is 3. The van der Waals surface area contributed by atoms with Gasteiger partial charge in [-0.25, -0.2) is 14.0 Å². The van der Waals surface area contributed by atoms with Crippen LogP contribution in [0.15, 0.2) is 66.7 Å². The highest BCUT2D eigenvalue weighted by molar-refractivity contribution is 5.91. The zero-order chi connectivity index (χ0) is 35.6. The molecule has 2 fully saturated rings. The molecule has 1 aliphatic carbocycles. The van der Waals surface area contributed by atoms with Crippen molar-refractivity contribution in [1.82, 2.24) is 10.6 Å². The summed E-state index contributed by atoms with van der Waals surface area (Å²) in [5.41, 5.74) is 4.56. The van der Waals surface area contributed by atoms with E-state index in [4.69, 9.17) is 18.9 Å². The number of morpholine rings is 1. The molecular formula is C38H45FN4O7. The van der Waals surface area contributed by atoms with E-state index < -0.39 is 53.8 Å². The first-order valence-electron chi connectivity index (χ1n) is 17.1. The highest BCUT2D eigenvalue weighted by atomic mass is 19.1. The number of hydrogen-bond acceptors (Lipinski definition) is 8. The van der Waals surface area contributed by atoms with E-state index in [1.165, 1.54) is 11.0 Å². The Hall–Kier alpha value is -4.68. The van der Waals surface area contributed by atoms with Gasteiger partial charge in [0.1, 0.15) is 24.6 Å². The molecule has 0 aromatic heterocycles. The third-order valence-electron chi connectivity index (χ3n) is 9.27. The Morgan fingerprint density at radius 1 is 0.960 bits per heavy atom. The highest BCUT2D eigenvalue weighted by Gasteiger charge is 2.39. The number of rotatable bonds is 10. The second-order valence-corrected chi connectivity index (χ2v) is 13.9. The third-order valence-corrected chi connectivity index (χ3v) is 9.27. The maximum atomic E-state index is 15.1. The lowest BCUT2D eigenvalue weighted by atomic mass is 9.98. The predicted octanol–water partition coefficient (Wildman–Crippen LogP) is 5.60. The molecule has 2 saturated heterocycles. The van der Waals surface area contributed by atoms with E-state index in [9.17, 15) is 14.4 Å². The van der Waals surface area contributed by atoms with Gasteiger partial charge in [0.15, 0.2) is 0 Å². The monoisotopic (exact) mass is 688 g/mol. The first kappa shape index (κ1) is 35.2. The Kier molecular flexibility index (Phi) is 10.3. The zero-order valence-electron chi connectivity index (χ0n) is 29.1. The van der Waals surface area contributed by atoms with Crippen molar-refractivity contribution in [1.29, 1.82) is 0 Å². The highest BCUT2D eigenvalue weighted by Crippen LogP contribution is 2.44. The molecule has 0 radical (unpaired) electrons. The van der Waals surface area contributed by atoms with Crippen LogP contribution >= 0.6 is 0 Å². The number of carbonyl (C=O) groups excluding carboxylic acids is 3. The van der Waals surface area contributed by atoms with Crippen LogP contribution in [0.25, 0.3) is 11.1 Å². The van der Waals surface area contributed by atoms with Crippen molar-refractivity contribution in [2.75, 3.05) is 49.3 Å². The molecule has 3 aliphatic rings. The molecule has 2 heterocycles. The molecule has 3 aromatic carbocycles. The summed E-state index contributed by atoms with van der Waals surface area (Å²) >= 11 is 0. The van der Waals surface area contributed by atoms with E-state index in [0.29, 0.717) is 37.7 Å². The second kappa shape index (κ2) is 14.7. The van der Waals surface area contributed by atoms with Crippen LogP contribution in [0.2, 0.25) is 0 Å². The van der Waals surface area contributed by atoms with Crippen molar-refractivity contribution in [3.8, 4) is 11.1 Å². The van der Waals surface area contributed by atoms with Crippen LogP contribution in [-0.2, 0) is 23.7 Å². The molecule has 3 amide bonds. The first-order chi connectivity index (χ1) is 23.9. The number of halogens is 1. The molecule has 50 heavy (non-hydrogen) atoms. The fourth-order valence-electron chi connectivity index (χ4n) is 6.88. The maximum Gasteiger partial charge on any atom is 0.414 e. The summed E-state index contributed by atoms with van der Waals surface area (Å²) < 4.78 is 37.9. The van der Waals surface area contributed by atoms with Gasteiger partial charge in [-0.2, -0.15) is 0 Å². The molecule has 6 rings (SSSR count). The lowest BCUT2D eigenvalue weighted by Gasteiger charge is -2.31. The molecular weight excluding hydrogens is 643 g/mol. The van der Waals surface area contributed by atoms with Crippen LogP contribution in [-0.4, -0.2) is 87.4 Å². The standard InChI is InChI=1S/C38H45FN4O7/c1-23(33-21-43(37(46)49-33)25-14-15-32(31(39)20-25)42-16-18-47-19-17-42)40-35(44)34(24(2)50-38(3,4)5)41-36(45)48-22-30-28-12-8-6-10-26(28)27-11-7-9-13-29(27)30/h6-15,20,23-24,30,33-34H,16-19,21-22H2,1-5H3,(H,40,44)(H,41,45)/t23-,24?,33+,34+/m0/s1. The van der Waals surface area contributed by atoms with E-state index in [-0.39, 0.29) is 19.1 Å². The van der Waals surface area contributed by atoms with E-state index in [0.717, 1.165) is 22.3 Å². The van der Waals surface area contributed by atoms with Gasteiger partial charge in [-0.05, 0) is 75.1 Å². The van der Waals surface area contributed by atoms with Crippen LogP contribution in [0, 0.1) is 5.82 Å². The van der Waals surface area contributed by atoms with Gasteiger partial charge in [-0.1, -0.05) is 48.5 Å². The molecule has 12 heteroatoms. The SMILES string of the molecule is CC(OC(C)(C)C)[C@@H](NC(=O)OCC1c2ccccc2-c2ccccc21)C(=O)N[C@@H](C)[C@H]1CN(c2ccc(N3CCOCC3)c(F)c2)C(=O)O1. The zero-order valence-corrected chi connectivity index (χ0v) is 29.1. The summed E-state index contributed by atoms with van der Waals surface area (Å²) in [6.45, 7) is 11.4. The Balaban J connectivity index is 1.09. The summed E-state index contributed by atoms with van der Waals surface area (Å²) in [5.74, 6) is -1.12. The Morgan fingerprint density at radius 3 is 2.22 bits per heavy atom. The molecule has 1 unspecified atom stereocenters. The number of nitrogens with one attached hydrogen (secondary N) is 2. The minimum Gasteiger partial charge on any atom is -0.449 e. The van der Waals surface area contributed by atoms with Gasteiger partial charge >= 0.3 is 12.2 Å². The molecule has 2 aliphatic heterocycles. The molecule has 0 bridgehead atoms. The largest absolute Gasteiger partial charge is 0.449 e. The van der Waals surface area contributed by atoms with Crippen LogP contribution < -0.4 is 20.4 Å². The maximum absolute atomic E-state index is 15.1. The number of fused-ring (bicyclic) bond motifs is 3. The number of cyclic esters (lactones) is 1. The number of hydrogen-bond donors (Lipinski definition) is 2. The number of carbonyl (C=O) groups is 3. The van der Waals surface area contributed by atoms with Gasteiger partial charge in [0.2, 0.25) is 5.91 Å². The number of anilines is 2. The van der Waals surface area contributed by atoms with Gasteiger partial charge in [0, 0.05) is 19.0 Å². The molecule has 11 nitrogen and oxygen atoms in total. The fraction of sp³-hybridized carbons (Fsp3) is 0.447. The van der Waals surface area contributed by atoms with Crippen molar-refractivity contribution in [3.63, 3.8) is 0 Å². The summed E-state index contributed by atoms with van der Waals surface area (Å²) in [6, 6.07) is 19.0. The number of amides is 3.